The average molecular weight is 394 g/mol. The molecule has 0 aliphatic carbocycles. The van der Waals surface area contributed by atoms with Crippen LogP contribution < -0.4 is 10.0 Å². The van der Waals surface area contributed by atoms with Crippen LogP contribution in [0.3, 0.4) is 0 Å². The fourth-order valence-corrected chi connectivity index (χ4v) is 3.72. The Balaban J connectivity index is 1.66. The summed E-state index contributed by atoms with van der Waals surface area (Å²) in [7, 11) is -3.72. The van der Waals surface area contributed by atoms with E-state index in [1.807, 2.05) is 61.5 Å². The maximum absolute atomic E-state index is 12.5. The molecule has 0 aromatic heterocycles. The number of rotatable bonds is 7. The predicted octanol–water partition coefficient (Wildman–Crippen LogP) is 3.40. The quantitative estimate of drug-likeness (QED) is 0.645. The molecule has 3 aromatic rings. The third-order valence-electron chi connectivity index (χ3n) is 4.29. The van der Waals surface area contributed by atoms with Crippen LogP contribution in [0, 0.1) is 6.92 Å². The second-order valence-corrected chi connectivity index (χ2v) is 8.27. The lowest BCUT2D eigenvalue weighted by atomic mass is 10.1. The Morgan fingerprint density at radius 3 is 2.21 bits per heavy atom. The van der Waals surface area contributed by atoms with E-state index in [2.05, 4.69) is 10.0 Å². The molecule has 28 heavy (non-hydrogen) atoms. The van der Waals surface area contributed by atoms with Crippen LogP contribution in [0.25, 0.3) is 0 Å². The van der Waals surface area contributed by atoms with Crippen molar-refractivity contribution in [1.82, 2.24) is 10.0 Å². The van der Waals surface area contributed by atoms with Gasteiger partial charge in [0.25, 0.3) is 5.91 Å². The highest BCUT2D eigenvalue weighted by Gasteiger charge is 2.16. The Morgan fingerprint density at radius 1 is 0.821 bits per heavy atom. The van der Waals surface area contributed by atoms with Crippen molar-refractivity contribution >= 4 is 15.9 Å². The Kier molecular flexibility index (Phi) is 6.23. The van der Waals surface area contributed by atoms with Gasteiger partial charge in [-0.15, -0.1) is 0 Å². The largest absolute Gasteiger partial charge is 0.348 e. The minimum absolute atomic E-state index is 0.0615. The first-order valence-corrected chi connectivity index (χ1v) is 10.4. The van der Waals surface area contributed by atoms with Crippen molar-refractivity contribution in [2.45, 2.75) is 24.9 Å². The zero-order valence-electron chi connectivity index (χ0n) is 15.6. The Hall–Kier alpha value is -2.96. The van der Waals surface area contributed by atoms with Crippen LogP contribution in [-0.4, -0.2) is 14.3 Å². The summed E-state index contributed by atoms with van der Waals surface area (Å²) in [6.45, 7) is 2.56. The molecule has 0 fully saturated rings. The number of carbonyl (C=O) groups is 1. The van der Waals surface area contributed by atoms with E-state index in [9.17, 15) is 13.2 Å². The lowest BCUT2D eigenvalue weighted by Crippen LogP contribution is -2.25. The molecule has 1 amide bonds. The maximum Gasteiger partial charge on any atom is 0.251 e. The number of aryl methyl sites for hydroxylation is 1. The van der Waals surface area contributed by atoms with Crippen molar-refractivity contribution in [2.75, 3.05) is 0 Å². The van der Waals surface area contributed by atoms with Crippen LogP contribution in [0.15, 0.2) is 83.8 Å². The van der Waals surface area contributed by atoms with Gasteiger partial charge < -0.3 is 5.32 Å². The molecule has 6 heteroatoms. The summed E-state index contributed by atoms with van der Waals surface area (Å²) in [5, 5.41) is 2.82. The van der Waals surface area contributed by atoms with Gasteiger partial charge in [0.1, 0.15) is 0 Å². The van der Waals surface area contributed by atoms with E-state index in [0.717, 1.165) is 16.7 Å². The summed E-state index contributed by atoms with van der Waals surface area (Å²) in [4.78, 5) is 12.5. The molecule has 0 unspecified atom stereocenters. The summed E-state index contributed by atoms with van der Waals surface area (Å²) < 4.78 is 27.7. The van der Waals surface area contributed by atoms with E-state index in [1.54, 1.807) is 12.1 Å². The van der Waals surface area contributed by atoms with E-state index in [0.29, 0.717) is 12.1 Å². The lowest BCUT2D eigenvalue weighted by molar-refractivity contribution is 0.0950. The SMILES string of the molecule is Cc1ccc(CNC(=O)c2cccc(S(=O)(=O)NCc3ccccc3)c2)cc1. The van der Waals surface area contributed by atoms with Crippen LogP contribution in [0.1, 0.15) is 27.0 Å². The molecule has 0 atom stereocenters. The number of carbonyl (C=O) groups excluding carboxylic acids is 1. The Labute approximate surface area is 165 Å². The van der Waals surface area contributed by atoms with Gasteiger partial charge >= 0.3 is 0 Å². The molecule has 0 aliphatic heterocycles. The van der Waals surface area contributed by atoms with Gasteiger partial charge in [-0.25, -0.2) is 13.1 Å². The van der Waals surface area contributed by atoms with Crippen LogP contribution in [0.2, 0.25) is 0 Å². The first-order valence-electron chi connectivity index (χ1n) is 8.91. The highest BCUT2D eigenvalue weighted by molar-refractivity contribution is 7.89. The highest BCUT2D eigenvalue weighted by Crippen LogP contribution is 2.13. The smallest absolute Gasteiger partial charge is 0.251 e. The zero-order valence-corrected chi connectivity index (χ0v) is 16.4. The van der Waals surface area contributed by atoms with E-state index in [1.165, 1.54) is 12.1 Å². The number of hydrogen-bond donors (Lipinski definition) is 2. The molecule has 0 heterocycles. The summed E-state index contributed by atoms with van der Waals surface area (Å²) in [6.07, 6.45) is 0. The average Bonchev–Trinajstić information content (AvgIpc) is 2.72. The van der Waals surface area contributed by atoms with Gasteiger partial charge in [0.2, 0.25) is 10.0 Å². The second kappa shape index (κ2) is 8.82. The highest BCUT2D eigenvalue weighted by atomic mass is 32.2. The van der Waals surface area contributed by atoms with Crippen LogP contribution in [0.5, 0.6) is 0 Å². The molecule has 0 bridgehead atoms. The van der Waals surface area contributed by atoms with Crippen LogP contribution in [0.4, 0.5) is 0 Å². The molecule has 0 radical (unpaired) electrons. The minimum Gasteiger partial charge on any atom is -0.348 e. The molecule has 0 spiro atoms. The Bertz CT molecular complexity index is 1050. The fraction of sp³-hybridized carbons (Fsp3) is 0.136. The third-order valence-corrected chi connectivity index (χ3v) is 5.69. The molecular formula is C22H22N2O3S. The summed E-state index contributed by atoms with van der Waals surface area (Å²) in [5.41, 5.74) is 3.29. The van der Waals surface area contributed by atoms with Crippen LogP contribution in [-0.2, 0) is 23.1 Å². The molecule has 2 N–H and O–H groups in total. The molecule has 144 valence electrons. The monoisotopic (exact) mass is 394 g/mol. The summed E-state index contributed by atoms with van der Waals surface area (Å²) in [6, 6.07) is 23.1. The normalized spacial score (nSPS) is 11.2. The van der Waals surface area contributed by atoms with E-state index in [4.69, 9.17) is 0 Å². The number of nitrogens with one attached hydrogen (secondary N) is 2. The van der Waals surface area contributed by atoms with Gasteiger partial charge in [-0.3, -0.25) is 4.79 Å². The van der Waals surface area contributed by atoms with Crippen molar-refractivity contribution in [3.8, 4) is 0 Å². The van der Waals surface area contributed by atoms with E-state index < -0.39 is 10.0 Å². The van der Waals surface area contributed by atoms with Crippen molar-refractivity contribution in [2.24, 2.45) is 0 Å². The van der Waals surface area contributed by atoms with Crippen molar-refractivity contribution in [1.29, 1.82) is 0 Å². The molecular weight excluding hydrogens is 372 g/mol. The van der Waals surface area contributed by atoms with Crippen molar-refractivity contribution in [3.05, 3.63) is 101 Å². The Morgan fingerprint density at radius 2 is 1.50 bits per heavy atom. The minimum atomic E-state index is -3.72. The van der Waals surface area contributed by atoms with E-state index >= 15 is 0 Å². The van der Waals surface area contributed by atoms with Gasteiger partial charge in [-0.1, -0.05) is 66.2 Å². The van der Waals surface area contributed by atoms with Crippen molar-refractivity contribution < 1.29 is 13.2 Å². The standard InChI is InChI=1S/C22H22N2O3S/c1-17-10-12-19(13-11-17)15-23-22(25)20-8-5-9-21(14-20)28(26,27)24-16-18-6-3-2-4-7-18/h2-14,24H,15-16H2,1H3,(H,23,25). The lowest BCUT2D eigenvalue weighted by Gasteiger charge is -2.09. The molecule has 3 rings (SSSR count). The number of amides is 1. The van der Waals surface area contributed by atoms with Crippen molar-refractivity contribution in [3.63, 3.8) is 0 Å². The van der Waals surface area contributed by atoms with Gasteiger partial charge in [-0.2, -0.15) is 0 Å². The molecule has 3 aromatic carbocycles. The van der Waals surface area contributed by atoms with Gasteiger partial charge in [-0.05, 0) is 36.2 Å². The first kappa shape index (κ1) is 19.8. The predicted molar refractivity (Wildman–Crippen MR) is 109 cm³/mol. The third kappa shape index (κ3) is 5.28. The van der Waals surface area contributed by atoms with Gasteiger partial charge in [0, 0.05) is 18.7 Å². The molecule has 5 nitrogen and oxygen atoms in total. The summed E-state index contributed by atoms with van der Waals surface area (Å²) in [5.74, 6) is -0.319. The van der Waals surface area contributed by atoms with E-state index in [-0.39, 0.29) is 17.3 Å². The molecule has 0 saturated heterocycles. The second-order valence-electron chi connectivity index (χ2n) is 6.51. The zero-order chi connectivity index (χ0) is 20.0. The molecule has 0 aliphatic rings. The first-order chi connectivity index (χ1) is 13.4. The number of sulfonamides is 1. The topological polar surface area (TPSA) is 75.3 Å². The van der Waals surface area contributed by atoms with Gasteiger partial charge in [0.05, 0.1) is 4.90 Å². The molecule has 0 saturated carbocycles. The van der Waals surface area contributed by atoms with Crippen LogP contribution >= 0.6 is 0 Å². The number of hydrogen-bond acceptors (Lipinski definition) is 3. The van der Waals surface area contributed by atoms with Gasteiger partial charge in [0.15, 0.2) is 0 Å². The summed E-state index contributed by atoms with van der Waals surface area (Å²) >= 11 is 0. The number of benzene rings is 3. The maximum atomic E-state index is 12.5. The fourth-order valence-electron chi connectivity index (χ4n) is 2.65.